The van der Waals surface area contributed by atoms with E-state index in [0.717, 1.165) is 19.4 Å². The van der Waals surface area contributed by atoms with Crippen LogP contribution < -0.4 is 5.32 Å². The molecule has 0 radical (unpaired) electrons. The molecule has 1 heterocycles. The van der Waals surface area contributed by atoms with Gasteiger partial charge >= 0.3 is 0 Å². The van der Waals surface area contributed by atoms with Gasteiger partial charge in [-0.15, -0.1) is 11.3 Å². The van der Waals surface area contributed by atoms with Crippen molar-refractivity contribution >= 4 is 21.2 Å². The van der Waals surface area contributed by atoms with Gasteiger partial charge < -0.3 is 5.32 Å². The molecule has 0 saturated heterocycles. The molecule has 0 spiro atoms. The number of hydrogen-bond acceptors (Lipinski definition) is 4. The Morgan fingerprint density at radius 3 is 2.75 bits per heavy atom. The predicted octanol–water partition coefficient (Wildman–Crippen LogP) is 3.10. The van der Waals surface area contributed by atoms with Crippen molar-refractivity contribution in [3.8, 4) is 0 Å². The Kier molecular flexibility index (Phi) is 5.64. The van der Waals surface area contributed by atoms with Gasteiger partial charge in [0.15, 0.2) is 0 Å². The van der Waals surface area contributed by atoms with E-state index in [1.807, 2.05) is 11.3 Å². The Labute approximate surface area is 126 Å². The van der Waals surface area contributed by atoms with Crippen molar-refractivity contribution in [1.82, 2.24) is 5.32 Å². The minimum absolute atomic E-state index is 0.292. The van der Waals surface area contributed by atoms with Crippen LogP contribution in [0.15, 0.2) is 6.07 Å². The normalized spacial score (nSPS) is 16.9. The third-order valence-corrected chi connectivity index (χ3v) is 6.20. The van der Waals surface area contributed by atoms with Gasteiger partial charge in [-0.2, -0.15) is 0 Å². The van der Waals surface area contributed by atoms with Crippen LogP contribution in [0.5, 0.6) is 0 Å². The first-order valence-electron chi connectivity index (χ1n) is 7.52. The molecular formula is C15H25NO2S2. The molecule has 1 unspecified atom stereocenters. The summed E-state index contributed by atoms with van der Waals surface area (Å²) in [5.74, 6) is 0.292. The number of hydrogen-bond donors (Lipinski definition) is 1. The summed E-state index contributed by atoms with van der Waals surface area (Å²) in [6.07, 6.45) is 8.02. The van der Waals surface area contributed by atoms with Gasteiger partial charge in [0, 0.05) is 27.8 Å². The van der Waals surface area contributed by atoms with Crippen molar-refractivity contribution in [2.45, 2.75) is 51.5 Å². The van der Waals surface area contributed by atoms with E-state index < -0.39 is 9.84 Å². The van der Waals surface area contributed by atoms with E-state index in [-0.39, 0.29) is 0 Å². The van der Waals surface area contributed by atoms with Crippen LogP contribution in [0.3, 0.4) is 0 Å². The largest absolute Gasteiger partial charge is 0.310 e. The van der Waals surface area contributed by atoms with Gasteiger partial charge in [0.05, 0.1) is 0 Å². The van der Waals surface area contributed by atoms with Gasteiger partial charge in [0.1, 0.15) is 9.84 Å². The molecule has 0 fully saturated rings. The van der Waals surface area contributed by atoms with Crippen molar-refractivity contribution in [2.24, 2.45) is 0 Å². The number of thiophene rings is 1. The topological polar surface area (TPSA) is 46.2 Å². The number of aryl methyl sites for hydroxylation is 2. The van der Waals surface area contributed by atoms with Crippen molar-refractivity contribution < 1.29 is 8.42 Å². The zero-order chi connectivity index (χ0) is 14.6. The van der Waals surface area contributed by atoms with Crippen LogP contribution in [0.25, 0.3) is 0 Å². The fraction of sp³-hybridized carbons (Fsp3) is 0.733. The third kappa shape index (κ3) is 4.57. The van der Waals surface area contributed by atoms with Crippen molar-refractivity contribution in [2.75, 3.05) is 18.6 Å². The van der Waals surface area contributed by atoms with Gasteiger partial charge in [0.25, 0.3) is 0 Å². The molecule has 1 atom stereocenters. The van der Waals surface area contributed by atoms with Crippen molar-refractivity contribution in [3.63, 3.8) is 0 Å². The second-order valence-corrected chi connectivity index (χ2v) is 9.11. The van der Waals surface area contributed by atoms with Crippen molar-refractivity contribution in [1.29, 1.82) is 0 Å². The molecule has 114 valence electrons. The molecule has 2 rings (SSSR count). The SMILES string of the molecule is CCNC(CCCS(C)(=O)=O)c1cc2c(s1)CCCC2. The quantitative estimate of drug-likeness (QED) is 0.841. The van der Waals surface area contributed by atoms with Crippen LogP contribution in [0, 0.1) is 0 Å². The van der Waals surface area contributed by atoms with E-state index in [2.05, 4.69) is 18.3 Å². The van der Waals surface area contributed by atoms with Crippen molar-refractivity contribution in [3.05, 3.63) is 21.4 Å². The van der Waals surface area contributed by atoms with Crippen LogP contribution in [0.1, 0.15) is 54.0 Å². The first kappa shape index (κ1) is 16.0. The molecule has 3 nitrogen and oxygen atoms in total. The lowest BCUT2D eigenvalue weighted by Gasteiger charge is -2.16. The molecule has 1 aliphatic carbocycles. The Hall–Kier alpha value is -0.390. The highest BCUT2D eigenvalue weighted by atomic mass is 32.2. The first-order valence-corrected chi connectivity index (χ1v) is 10.4. The second kappa shape index (κ2) is 7.05. The van der Waals surface area contributed by atoms with E-state index in [0.29, 0.717) is 11.8 Å². The zero-order valence-corrected chi connectivity index (χ0v) is 14.1. The smallest absolute Gasteiger partial charge is 0.147 e. The lowest BCUT2D eigenvalue weighted by molar-refractivity contribution is 0.513. The van der Waals surface area contributed by atoms with Crippen LogP contribution >= 0.6 is 11.3 Å². The number of rotatable bonds is 7. The molecule has 0 bridgehead atoms. The summed E-state index contributed by atoms with van der Waals surface area (Å²) in [5.41, 5.74) is 1.53. The first-order chi connectivity index (χ1) is 9.49. The maximum absolute atomic E-state index is 11.2. The molecular weight excluding hydrogens is 290 g/mol. The lowest BCUT2D eigenvalue weighted by atomic mass is 9.98. The predicted molar refractivity (Wildman–Crippen MR) is 86.3 cm³/mol. The average Bonchev–Trinajstić information content (AvgIpc) is 2.80. The molecule has 20 heavy (non-hydrogen) atoms. The Morgan fingerprint density at radius 1 is 1.35 bits per heavy atom. The maximum Gasteiger partial charge on any atom is 0.147 e. The van der Waals surface area contributed by atoms with Gasteiger partial charge in [0.2, 0.25) is 0 Å². The van der Waals surface area contributed by atoms with Gasteiger partial charge in [-0.3, -0.25) is 0 Å². The molecule has 0 aliphatic heterocycles. The Morgan fingerprint density at radius 2 is 2.10 bits per heavy atom. The molecule has 0 aromatic carbocycles. The molecule has 0 saturated carbocycles. The average molecular weight is 316 g/mol. The monoisotopic (exact) mass is 315 g/mol. The minimum atomic E-state index is -2.84. The standard InChI is InChI=1S/C15H25NO2S2/c1-3-16-13(8-6-10-20(2,17)18)15-11-12-7-4-5-9-14(12)19-15/h11,13,16H,3-10H2,1-2H3. The summed E-state index contributed by atoms with van der Waals surface area (Å²) in [4.78, 5) is 2.95. The molecule has 1 aromatic rings. The lowest BCUT2D eigenvalue weighted by Crippen LogP contribution is -2.20. The summed E-state index contributed by atoms with van der Waals surface area (Å²) in [7, 11) is -2.84. The molecule has 1 aromatic heterocycles. The fourth-order valence-corrected chi connectivity index (χ4v) is 4.89. The Balaban J connectivity index is 2.02. The fourth-order valence-electron chi connectivity index (χ4n) is 2.83. The summed E-state index contributed by atoms with van der Waals surface area (Å²) >= 11 is 1.93. The molecule has 5 heteroatoms. The number of sulfone groups is 1. The van der Waals surface area contributed by atoms with E-state index in [4.69, 9.17) is 0 Å². The molecule has 1 aliphatic rings. The zero-order valence-electron chi connectivity index (χ0n) is 12.4. The summed E-state index contributed by atoms with van der Waals surface area (Å²) in [5, 5.41) is 3.51. The van der Waals surface area contributed by atoms with Gasteiger partial charge in [-0.1, -0.05) is 6.92 Å². The summed E-state index contributed by atoms with van der Waals surface area (Å²) in [6.45, 7) is 3.03. The summed E-state index contributed by atoms with van der Waals surface area (Å²) in [6, 6.07) is 2.67. The highest BCUT2D eigenvalue weighted by molar-refractivity contribution is 7.90. The van der Waals surface area contributed by atoms with Crippen LogP contribution in [-0.4, -0.2) is 27.0 Å². The van der Waals surface area contributed by atoms with E-state index in [9.17, 15) is 8.42 Å². The Bertz CT molecular complexity index is 511. The van der Waals surface area contributed by atoms with Crippen LogP contribution in [0.2, 0.25) is 0 Å². The molecule has 0 amide bonds. The van der Waals surface area contributed by atoms with Gasteiger partial charge in [-0.05, 0) is 56.7 Å². The maximum atomic E-state index is 11.2. The number of fused-ring (bicyclic) bond motifs is 1. The highest BCUT2D eigenvalue weighted by Gasteiger charge is 2.19. The summed E-state index contributed by atoms with van der Waals surface area (Å²) < 4.78 is 22.5. The second-order valence-electron chi connectivity index (χ2n) is 5.69. The van der Waals surface area contributed by atoms with E-state index in [1.165, 1.54) is 42.4 Å². The van der Waals surface area contributed by atoms with E-state index in [1.54, 1.807) is 4.88 Å². The third-order valence-electron chi connectivity index (χ3n) is 3.82. The highest BCUT2D eigenvalue weighted by Crippen LogP contribution is 2.34. The number of nitrogens with one attached hydrogen (secondary N) is 1. The minimum Gasteiger partial charge on any atom is -0.310 e. The molecule has 1 N–H and O–H groups in total. The van der Waals surface area contributed by atoms with Crippen LogP contribution in [-0.2, 0) is 22.7 Å². The van der Waals surface area contributed by atoms with E-state index >= 15 is 0 Å². The van der Waals surface area contributed by atoms with Gasteiger partial charge in [-0.25, -0.2) is 8.42 Å². The van der Waals surface area contributed by atoms with Crippen LogP contribution in [0.4, 0.5) is 0 Å².